The second-order valence-corrected chi connectivity index (χ2v) is 2.53. The summed E-state index contributed by atoms with van der Waals surface area (Å²) in [6, 6.07) is 0. The van der Waals surface area contributed by atoms with Crippen LogP contribution >= 0.6 is 0 Å². The van der Waals surface area contributed by atoms with E-state index in [0.717, 1.165) is 12.8 Å². The second-order valence-electron chi connectivity index (χ2n) is 2.53. The van der Waals surface area contributed by atoms with Crippen LogP contribution in [0.4, 0.5) is 0 Å². The molecule has 1 rings (SSSR count). The second kappa shape index (κ2) is 2.41. The highest BCUT2D eigenvalue weighted by Gasteiger charge is 2.31. The van der Waals surface area contributed by atoms with E-state index in [1.807, 2.05) is 0 Å². The van der Waals surface area contributed by atoms with Gasteiger partial charge in [0.1, 0.15) is 5.60 Å². The molecule has 9 heavy (non-hydrogen) atoms. The van der Waals surface area contributed by atoms with Crippen molar-refractivity contribution >= 4 is 0 Å². The third-order valence-corrected chi connectivity index (χ3v) is 2.03. The van der Waals surface area contributed by atoms with Crippen molar-refractivity contribution in [3.8, 4) is 5.92 Å². The zero-order valence-corrected chi connectivity index (χ0v) is 5.74. The van der Waals surface area contributed by atoms with Crippen molar-refractivity contribution in [2.45, 2.75) is 31.3 Å². The van der Waals surface area contributed by atoms with Crippen molar-refractivity contribution in [3.05, 3.63) is 6.42 Å². The summed E-state index contributed by atoms with van der Waals surface area (Å²) >= 11 is 0. The number of methoxy groups -OCH3 is 1. The SMILES string of the molecule is [C]#CC1(OC)CCCC1. The lowest BCUT2D eigenvalue weighted by Crippen LogP contribution is -2.24. The zero-order chi connectivity index (χ0) is 6.74. The summed E-state index contributed by atoms with van der Waals surface area (Å²) in [5.41, 5.74) is -0.306. The molecule has 1 radical (unpaired) electrons. The van der Waals surface area contributed by atoms with E-state index >= 15 is 0 Å². The van der Waals surface area contributed by atoms with Crippen LogP contribution in [0.15, 0.2) is 0 Å². The molecule has 0 atom stereocenters. The van der Waals surface area contributed by atoms with Crippen LogP contribution in [0.2, 0.25) is 0 Å². The summed E-state index contributed by atoms with van der Waals surface area (Å²) in [7, 11) is 1.66. The van der Waals surface area contributed by atoms with Crippen molar-refractivity contribution < 1.29 is 4.74 Å². The first-order chi connectivity index (χ1) is 4.33. The molecule has 1 saturated carbocycles. The predicted molar refractivity (Wildman–Crippen MR) is 35.3 cm³/mol. The molecule has 0 aliphatic heterocycles. The molecule has 0 saturated heterocycles. The molecule has 1 aliphatic rings. The highest BCUT2D eigenvalue weighted by molar-refractivity contribution is 5.07. The van der Waals surface area contributed by atoms with Gasteiger partial charge < -0.3 is 4.74 Å². The molecule has 1 heteroatoms. The summed E-state index contributed by atoms with van der Waals surface area (Å²) in [5.74, 6) is 2.45. The van der Waals surface area contributed by atoms with E-state index < -0.39 is 0 Å². The Morgan fingerprint density at radius 3 is 2.22 bits per heavy atom. The Morgan fingerprint density at radius 1 is 1.44 bits per heavy atom. The minimum Gasteiger partial charge on any atom is -0.366 e. The first kappa shape index (κ1) is 6.64. The van der Waals surface area contributed by atoms with E-state index in [9.17, 15) is 0 Å². The van der Waals surface area contributed by atoms with Gasteiger partial charge in [0.2, 0.25) is 0 Å². The van der Waals surface area contributed by atoms with Crippen molar-refractivity contribution in [1.82, 2.24) is 0 Å². The Balaban J connectivity index is 2.59. The van der Waals surface area contributed by atoms with Crippen LogP contribution in [-0.4, -0.2) is 12.7 Å². The molecule has 0 N–H and O–H groups in total. The van der Waals surface area contributed by atoms with E-state index in [0.29, 0.717) is 0 Å². The maximum Gasteiger partial charge on any atom is 0.129 e. The fourth-order valence-corrected chi connectivity index (χ4v) is 1.33. The molecule has 0 aromatic carbocycles. The van der Waals surface area contributed by atoms with Gasteiger partial charge in [0.05, 0.1) is 0 Å². The predicted octanol–water partition coefficient (Wildman–Crippen LogP) is 1.54. The fraction of sp³-hybridized carbons (Fsp3) is 0.750. The Kier molecular flexibility index (Phi) is 1.78. The van der Waals surface area contributed by atoms with E-state index in [4.69, 9.17) is 11.2 Å². The van der Waals surface area contributed by atoms with E-state index in [-0.39, 0.29) is 5.60 Å². The van der Waals surface area contributed by atoms with Gasteiger partial charge in [-0.2, -0.15) is 0 Å². The third kappa shape index (κ3) is 1.09. The Bertz CT molecular complexity index is 126. The Morgan fingerprint density at radius 2 is 2.00 bits per heavy atom. The van der Waals surface area contributed by atoms with Crippen molar-refractivity contribution in [2.75, 3.05) is 7.11 Å². The van der Waals surface area contributed by atoms with Gasteiger partial charge in [0, 0.05) is 7.11 Å². The van der Waals surface area contributed by atoms with E-state index in [1.165, 1.54) is 12.8 Å². The molecule has 0 bridgehead atoms. The van der Waals surface area contributed by atoms with E-state index in [2.05, 4.69) is 5.92 Å². The van der Waals surface area contributed by atoms with Gasteiger partial charge in [0.25, 0.3) is 0 Å². The standard InChI is InChI=1S/C8H11O/c1-3-8(9-2)6-4-5-7-8/h4-7H2,2H3. The van der Waals surface area contributed by atoms with Crippen molar-refractivity contribution in [3.63, 3.8) is 0 Å². The summed E-state index contributed by atoms with van der Waals surface area (Å²) < 4.78 is 5.15. The highest BCUT2D eigenvalue weighted by Crippen LogP contribution is 2.31. The van der Waals surface area contributed by atoms with Gasteiger partial charge in [-0.25, -0.2) is 0 Å². The molecule has 0 aromatic rings. The first-order valence-corrected chi connectivity index (χ1v) is 3.32. The number of hydrogen-bond donors (Lipinski definition) is 0. The topological polar surface area (TPSA) is 9.23 Å². The lowest BCUT2D eigenvalue weighted by molar-refractivity contribution is 0.0473. The summed E-state index contributed by atoms with van der Waals surface area (Å²) in [6.07, 6.45) is 11.3. The quantitative estimate of drug-likeness (QED) is 0.480. The van der Waals surface area contributed by atoms with E-state index in [1.54, 1.807) is 7.11 Å². The maximum absolute atomic E-state index is 6.97. The van der Waals surface area contributed by atoms with Crippen molar-refractivity contribution in [1.29, 1.82) is 0 Å². The van der Waals surface area contributed by atoms with Crippen LogP contribution in [0.25, 0.3) is 0 Å². The monoisotopic (exact) mass is 123 g/mol. The first-order valence-electron chi connectivity index (χ1n) is 3.32. The number of ether oxygens (including phenoxy) is 1. The van der Waals surface area contributed by atoms with Crippen LogP contribution in [0.5, 0.6) is 0 Å². The summed E-state index contributed by atoms with van der Waals surface area (Å²) in [6.45, 7) is 0. The van der Waals surface area contributed by atoms with Gasteiger partial charge in [-0.1, -0.05) is 5.92 Å². The van der Waals surface area contributed by atoms with Crippen LogP contribution in [0, 0.1) is 12.3 Å². The minimum absolute atomic E-state index is 0.306. The minimum atomic E-state index is -0.306. The summed E-state index contributed by atoms with van der Waals surface area (Å²) in [4.78, 5) is 0. The van der Waals surface area contributed by atoms with Crippen LogP contribution in [0.1, 0.15) is 25.7 Å². The normalized spacial score (nSPS) is 23.6. The average Bonchev–Trinajstić information content (AvgIpc) is 2.36. The molecule has 0 aromatic heterocycles. The Labute approximate surface area is 56.4 Å². The molecule has 1 fully saturated rings. The maximum atomic E-state index is 6.97. The summed E-state index contributed by atoms with van der Waals surface area (Å²) in [5, 5.41) is 0. The van der Waals surface area contributed by atoms with Gasteiger partial charge in [-0.3, -0.25) is 0 Å². The molecule has 0 amide bonds. The highest BCUT2D eigenvalue weighted by atomic mass is 16.5. The van der Waals surface area contributed by atoms with Crippen LogP contribution in [0.3, 0.4) is 0 Å². The molecule has 49 valence electrons. The van der Waals surface area contributed by atoms with Gasteiger partial charge in [0.15, 0.2) is 0 Å². The molecule has 1 nitrogen and oxygen atoms in total. The molecule has 0 spiro atoms. The smallest absolute Gasteiger partial charge is 0.129 e. The number of rotatable bonds is 1. The van der Waals surface area contributed by atoms with Gasteiger partial charge in [-0.15, -0.1) is 0 Å². The van der Waals surface area contributed by atoms with Gasteiger partial charge >= 0.3 is 0 Å². The largest absolute Gasteiger partial charge is 0.366 e. The zero-order valence-electron chi connectivity index (χ0n) is 5.74. The van der Waals surface area contributed by atoms with Crippen molar-refractivity contribution in [2.24, 2.45) is 0 Å². The molecular weight excluding hydrogens is 112 g/mol. The molecule has 0 unspecified atom stereocenters. The lowest BCUT2D eigenvalue weighted by atomic mass is 10.0. The van der Waals surface area contributed by atoms with Gasteiger partial charge in [-0.05, 0) is 32.1 Å². The van der Waals surface area contributed by atoms with Crippen LogP contribution in [-0.2, 0) is 4.74 Å². The fourth-order valence-electron chi connectivity index (χ4n) is 1.33. The molecular formula is C8H11O. The average molecular weight is 123 g/mol. The molecule has 1 aliphatic carbocycles. The Hall–Kier alpha value is -0.480. The molecule has 0 heterocycles. The lowest BCUT2D eigenvalue weighted by Gasteiger charge is -2.18. The van der Waals surface area contributed by atoms with Crippen LogP contribution < -0.4 is 0 Å². The number of hydrogen-bond acceptors (Lipinski definition) is 1. The third-order valence-electron chi connectivity index (χ3n) is 2.03.